The lowest BCUT2D eigenvalue weighted by atomic mass is 9.98. The van der Waals surface area contributed by atoms with Crippen LogP contribution >= 0.6 is 0 Å². The highest BCUT2D eigenvalue weighted by molar-refractivity contribution is 6.00. The summed E-state index contributed by atoms with van der Waals surface area (Å²) in [6, 6.07) is 7.97. The van der Waals surface area contributed by atoms with Crippen molar-refractivity contribution in [3.8, 4) is 0 Å². The zero-order valence-electron chi connectivity index (χ0n) is 17.6. The fourth-order valence-corrected chi connectivity index (χ4v) is 3.80. The molecule has 0 radical (unpaired) electrons. The van der Waals surface area contributed by atoms with Crippen molar-refractivity contribution in [2.75, 3.05) is 0 Å². The van der Waals surface area contributed by atoms with Crippen LogP contribution in [0.3, 0.4) is 0 Å². The van der Waals surface area contributed by atoms with Crippen LogP contribution in [0.5, 0.6) is 0 Å². The summed E-state index contributed by atoms with van der Waals surface area (Å²) in [6.07, 6.45) is 0. The Labute approximate surface area is 162 Å². The van der Waals surface area contributed by atoms with Gasteiger partial charge in [0.15, 0.2) is 0 Å². The van der Waals surface area contributed by atoms with Crippen LogP contribution in [0.4, 0.5) is 0 Å². The van der Waals surface area contributed by atoms with Crippen LogP contribution in [0.25, 0.3) is 0 Å². The molecule has 0 aliphatic rings. The van der Waals surface area contributed by atoms with Gasteiger partial charge >= 0.3 is 0 Å². The standard InChI is InChI=1S/C23H30N2O2/c1-13-9-15(3)19(16(4)10-13)21(26)24-23(7,8)25-22(27)20-17(5)11-14(2)12-18(20)6/h9-12H,1-8H3,(H,24,26)(H,25,27). The Hall–Kier alpha value is -2.62. The van der Waals surface area contributed by atoms with Crippen molar-refractivity contribution in [2.24, 2.45) is 0 Å². The molecule has 0 aliphatic heterocycles. The van der Waals surface area contributed by atoms with Crippen molar-refractivity contribution >= 4 is 11.8 Å². The van der Waals surface area contributed by atoms with Crippen molar-refractivity contribution in [3.05, 3.63) is 68.8 Å². The number of benzene rings is 2. The second kappa shape index (κ2) is 7.55. The molecule has 2 aromatic rings. The first-order valence-electron chi connectivity index (χ1n) is 9.22. The molecule has 27 heavy (non-hydrogen) atoms. The molecule has 4 heteroatoms. The quantitative estimate of drug-likeness (QED) is 0.786. The minimum absolute atomic E-state index is 0.187. The first-order chi connectivity index (χ1) is 12.4. The molecule has 2 N–H and O–H groups in total. The van der Waals surface area contributed by atoms with Gasteiger partial charge in [-0.3, -0.25) is 9.59 Å². The molecule has 0 saturated heterocycles. The Morgan fingerprint density at radius 1 is 0.630 bits per heavy atom. The number of hydrogen-bond acceptors (Lipinski definition) is 2. The van der Waals surface area contributed by atoms with E-state index in [0.29, 0.717) is 11.1 Å². The van der Waals surface area contributed by atoms with Crippen LogP contribution in [0.1, 0.15) is 67.9 Å². The van der Waals surface area contributed by atoms with Crippen molar-refractivity contribution in [2.45, 2.75) is 61.1 Å². The summed E-state index contributed by atoms with van der Waals surface area (Å²) < 4.78 is 0. The number of amides is 2. The van der Waals surface area contributed by atoms with E-state index in [0.717, 1.165) is 33.4 Å². The molecule has 0 heterocycles. The molecule has 2 amide bonds. The van der Waals surface area contributed by atoms with Gasteiger partial charge in [-0.25, -0.2) is 0 Å². The van der Waals surface area contributed by atoms with Gasteiger partial charge in [-0.1, -0.05) is 35.4 Å². The Bertz CT molecular complexity index is 791. The zero-order valence-corrected chi connectivity index (χ0v) is 17.6. The highest BCUT2D eigenvalue weighted by atomic mass is 16.2. The molecule has 2 aromatic carbocycles. The van der Waals surface area contributed by atoms with Gasteiger partial charge in [0.05, 0.1) is 0 Å². The monoisotopic (exact) mass is 366 g/mol. The van der Waals surface area contributed by atoms with E-state index in [1.165, 1.54) is 0 Å². The molecule has 0 atom stereocenters. The molecule has 0 bridgehead atoms. The van der Waals surface area contributed by atoms with E-state index < -0.39 is 5.66 Å². The van der Waals surface area contributed by atoms with Gasteiger partial charge in [0, 0.05) is 11.1 Å². The summed E-state index contributed by atoms with van der Waals surface area (Å²) in [5.41, 5.74) is 6.39. The number of aryl methyl sites for hydroxylation is 6. The first-order valence-corrected chi connectivity index (χ1v) is 9.22. The molecule has 0 aliphatic carbocycles. The summed E-state index contributed by atoms with van der Waals surface area (Å²) in [4.78, 5) is 25.7. The molecule has 0 aromatic heterocycles. The van der Waals surface area contributed by atoms with Gasteiger partial charge in [-0.05, 0) is 77.6 Å². The average Bonchev–Trinajstić information content (AvgIpc) is 2.42. The maximum absolute atomic E-state index is 12.8. The minimum atomic E-state index is -0.887. The number of carbonyl (C=O) groups excluding carboxylic acids is 2. The third kappa shape index (κ3) is 4.76. The van der Waals surface area contributed by atoms with E-state index in [1.807, 2.05) is 65.8 Å². The molecular weight excluding hydrogens is 336 g/mol. The van der Waals surface area contributed by atoms with E-state index in [4.69, 9.17) is 0 Å². The van der Waals surface area contributed by atoms with Gasteiger partial charge in [0.1, 0.15) is 5.66 Å². The molecule has 0 spiro atoms. The van der Waals surface area contributed by atoms with Crippen LogP contribution in [-0.2, 0) is 0 Å². The van der Waals surface area contributed by atoms with Gasteiger partial charge in [-0.15, -0.1) is 0 Å². The lowest BCUT2D eigenvalue weighted by molar-refractivity contribution is 0.0833. The van der Waals surface area contributed by atoms with Crippen LogP contribution in [0.2, 0.25) is 0 Å². The second-order valence-electron chi connectivity index (χ2n) is 8.08. The van der Waals surface area contributed by atoms with Crippen LogP contribution in [-0.4, -0.2) is 17.5 Å². The summed E-state index contributed by atoms with van der Waals surface area (Å²) in [6.45, 7) is 15.3. The maximum atomic E-state index is 12.8. The third-order valence-corrected chi connectivity index (χ3v) is 4.66. The summed E-state index contributed by atoms with van der Waals surface area (Å²) in [5.74, 6) is -0.375. The summed E-state index contributed by atoms with van der Waals surface area (Å²) in [5, 5.41) is 5.91. The predicted molar refractivity (Wildman–Crippen MR) is 110 cm³/mol. The highest BCUT2D eigenvalue weighted by Crippen LogP contribution is 2.19. The Kier molecular flexibility index (Phi) is 5.79. The molecular formula is C23H30N2O2. The smallest absolute Gasteiger partial charge is 0.253 e. The van der Waals surface area contributed by atoms with Crippen molar-refractivity contribution in [1.82, 2.24) is 10.6 Å². The first kappa shape index (κ1) is 20.7. The lowest BCUT2D eigenvalue weighted by Crippen LogP contribution is -2.56. The second-order valence-corrected chi connectivity index (χ2v) is 8.08. The van der Waals surface area contributed by atoms with E-state index >= 15 is 0 Å². The Morgan fingerprint density at radius 3 is 1.15 bits per heavy atom. The van der Waals surface area contributed by atoms with Gasteiger partial charge in [0.25, 0.3) is 11.8 Å². The Balaban J connectivity index is 2.22. The molecule has 2 rings (SSSR count). The number of hydrogen-bond donors (Lipinski definition) is 2. The highest BCUT2D eigenvalue weighted by Gasteiger charge is 2.26. The normalized spacial score (nSPS) is 11.3. The molecule has 4 nitrogen and oxygen atoms in total. The molecule has 0 fully saturated rings. The van der Waals surface area contributed by atoms with Crippen LogP contribution in [0.15, 0.2) is 24.3 Å². The van der Waals surface area contributed by atoms with Crippen LogP contribution < -0.4 is 10.6 Å². The number of nitrogens with one attached hydrogen (secondary N) is 2. The third-order valence-electron chi connectivity index (χ3n) is 4.66. The average molecular weight is 367 g/mol. The number of rotatable bonds is 4. The Morgan fingerprint density at radius 2 is 0.889 bits per heavy atom. The number of carbonyl (C=O) groups is 2. The van der Waals surface area contributed by atoms with Crippen molar-refractivity contribution < 1.29 is 9.59 Å². The van der Waals surface area contributed by atoms with Crippen molar-refractivity contribution in [1.29, 1.82) is 0 Å². The molecule has 0 saturated carbocycles. The lowest BCUT2D eigenvalue weighted by Gasteiger charge is -2.29. The topological polar surface area (TPSA) is 58.2 Å². The zero-order chi connectivity index (χ0) is 20.5. The predicted octanol–water partition coefficient (Wildman–Crippen LogP) is 4.43. The summed E-state index contributed by atoms with van der Waals surface area (Å²) in [7, 11) is 0. The maximum Gasteiger partial charge on any atom is 0.253 e. The van der Waals surface area contributed by atoms with E-state index in [9.17, 15) is 9.59 Å². The minimum Gasteiger partial charge on any atom is -0.330 e. The van der Waals surface area contributed by atoms with Crippen molar-refractivity contribution in [3.63, 3.8) is 0 Å². The molecule has 144 valence electrons. The van der Waals surface area contributed by atoms with Crippen LogP contribution in [0, 0.1) is 41.5 Å². The fourth-order valence-electron chi connectivity index (χ4n) is 3.80. The fraction of sp³-hybridized carbons (Fsp3) is 0.391. The van der Waals surface area contributed by atoms with Gasteiger partial charge in [-0.2, -0.15) is 0 Å². The van der Waals surface area contributed by atoms with Gasteiger partial charge < -0.3 is 10.6 Å². The largest absolute Gasteiger partial charge is 0.330 e. The SMILES string of the molecule is Cc1cc(C)c(C(=O)NC(C)(C)NC(=O)c2c(C)cc(C)cc2C)c(C)c1. The van der Waals surface area contributed by atoms with Gasteiger partial charge in [0.2, 0.25) is 0 Å². The summed E-state index contributed by atoms with van der Waals surface area (Å²) >= 11 is 0. The van der Waals surface area contributed by atoms with E-state index in [1.54, 1.807) is 13.8 Å². The van der Waals surface area contributed by atoms with E-state index in [2.05, 4.69) is 10.6 Å². The molecule has 0 unspecified atom stereocenters. The van der Waals surface area contributed by atoms with E-state index in [-0.39, 0.29) is 11.8 Å².